The number of nitrogens with zero attached hydrogens (tertiary/aromatic N) is 2. The summed E-state index contributed by atoms with van der Waals surface area (Å²) < 4.78 is 6.46. The quantitative estimate of drug-likeness (QED) is 0.679. The molecule has 0 atom stereocenters. The first-order chi connectivity index (χ1) is 6.27. The molecule has 0 amide bonds. The van der Waals surface area contributed by atoms with Crippen molar-refractivity contribution in [2.75, 3.05) is 0 Å². The van der Waals surface area contributed by atoms with Crippen molar-refractivity contribution in [2.45, 2.75) is 6.54 Å². The number of nitrogens with one attached hydrogen (secondary N) is 2. The third-order valence-electron chi connectivity index (χ3n) is 1.57. The Hall–Kier alpha value is -1.63. The number of aromatic amines is 2. The Labute approximate surface area is 77.2 Å². The van der Waals surface area contributed by atoms with Crippen LogP contribution in [0.3, 0.4) is 0 Å². The molecule has 0 aliphatic rings. The Morgan fingerprint density at radius 3 is 3.00 bits per heavy atom. The summed E-state index contributed by atoms with van der Waals surface area (Å²) in [7, 11) is 0. The molecule has 2 aromatic heterocycles. The molecule has 2 heterocycles. The van der Waals surface area contributed by atoms with Gasteiger partial charge in [0.2, 0.25) is 0 Å². The van der Waals surface area contributed by atoms with Crippen molar-refractivity contribution in [3.8, 4) is 0 Å². The van der Waals surface area contributed by atoms with Crippen molar-refractivity contribution < 1.29 is 4.42 Å². The van der Waals surface area contributed by atoms with Gasteiger partial charge >= 0.3 is 5.69 Å². The maximum Gasteiger partial charge on any atom is 0.342 e. The van der Waals surface area contributed by atoms with E-state index < -0.39 is 0 Å². The van der Waals surface area contributed by atoms with Crippen molar-refractivity contribution >= 4 is 12.2 Å². The second-order valence-corrected chi connectivity index (χ2v) is 2.81. The van der Waals surface area contributed by atoms with E-state index in [0.29, 0.717) is 17.0 Å². The van der Waals surface area contributed by atoms with Gasteiger partial charge in [-0.1, -0.05) is 0 Å². The van der Waals surface area contributed by atoms with Crippen molar-refractivity contribution in [1.29, 1.82) is 0 Å². The van der Waals surface area contributed by atoms with E-state index in [9.17, 15) is 4.79 Å². The monoisotopic (exact) mass is 198 g/mol. The van der Waals surface area contributed by atoms with Crippen LogP contribution >= 0.6 is 12.2 Å². The predicted octanol–water partition coefficient (Wildman–Crippen LogP) is 0.270. The molecule has 2 N–H and O–H groups in total. The van der Waals surface area contributed by atoms with E-state index in [1.807, 2.05) is 0 Å². The van der Waals surface area contributed by atoms with Crippen LogP contribution in [0.4, 0.5) is 0 Å². The molecule has 0 bridgehead atoms. The van der Waals surface area contributed by atoms with Crippen molar-refractivity contribution in [2.24, 2.45) is 0 Å². The molecule has 2 aromatic rings. The third-order valence-corrected chi connectivity index (χ3v) is 1.89. The summed E-state index contributed by atoms with van der Waals surface area (Å²) in [6.07, 6.45) is 2.77. The smallest absolute Gasteiger partial charge is 0.342 e. The fourth-order valence-corrected chi connectivity index (χ4v) is 1.15. The summed E-state index contributed by atoms with van der Waals surface area (Å²) in [6, 6.07) is 0. The van der Waals surface area contributed by atoms with Gasteiger partial charge in [-0.25, -0.2) is 14.9 Å². The van der Waals surface area contributed by atoms with E-state index in [1.54, 1.807) is 0 Å². The zero-order chi connectivity index (χ0) is 9.26. The summed E-state index contributed by atoms with van der Waals surface area (Å²) in [5.74, 6) is 0. The molecule has 7 heteroatoms. The van der Waals surface area contributed by atoms with E-state index in [4.69, 9.17) is 16.6 Å². The van der Waals surface area contributed by atoms with Crippen LogP contribution in [0.15, 0.2) is 21.9 Å². The second-order valence-electron chi connectivity index (χ2n) is 2.43. The van der Waals surface area contributed by atoms with Gasteiger partial charge in [-0.15, -0.1) is 0 Å². The van der Waals surface area contributed by atoms with Crippen molar-refractivity contribution in [1.82, 2.24) is 19.7 Å². The first-order valence-electron chi connectivity index (χ1n) is 3.52. The van der Waals surface area contributed by atoms with Gasteiger partial charge in [0, 0.05) is 0 Å². The Morgan fingerprint density at radius 1 is 1.62 bits per heavy atom. The number of rotatable bonds is 2. The van der Waals surface area contributed by atoms with Crippen molar-refractivity contribution in [3.05, 3.63) is 33.6 Å². The van der Waals surface area contributed by atoms with Gasteiger partial charge in [0.15, 0.2) is 11.2 Å². The third kappa shape index (κ3) is 1.45. The SMILES string of the molecule is O=c1[nH][nH]c(=S)n1Cc1cocn1. The summed E-state index contributed by atoms with van der Waals surface area (Å²) in [5.41, 5.74) is 0.370. The fourth-order valence-electron chi connectivity index (χ4n) is 0.955. The van der Waals surface area contributed by atoms with Crippen LogP contribution < -0.4 is 5.69 Å². The number of hydrogen-bond donors (Lipinski definition) is 2. The summed E-state index contributed by atoms with van der Waals surface area (Å²) in [5, 5.41) is 4.90. The first-order valence-corrected chi connectivity index (χ1v) is 3.93. The minimum absolute atomic E-state index is 0.284. The lowest BCUT2D eigenvalue weighted by Crippen LogP contribution is -2.17. The molecule has 68 valence electrons. The van der Waals surface area contributed by atoms with E-state index in [2.05, 4.69) is 15.2 Å². The second kappa shape index (κ2) is 3.02. The molecule has 6 nitrogen and oxygen atoms in total. The molecule has 0 aromatic carbocycles. The van der Waals surface area contributed by atoms with Gasteiger partial charge in [-0.3, -0.25) is 9.67 Å². The molecule has 0 spiro atoms. The van der Waals surface area contributed by atoms with E-state index in [1.165, 1.54) is 17.2 Å². The minimum atomic E-state index is -0.284. The Balaban J connectivity index is 2.38. The van der Waals surface area contributed by atoms with Gasteiger partial charge in [-0.2, -0.15) is 0 Å². The highest BCUT2D eigenvalue weighted by molar-refractivity contribution is 7.71. The topological polar surface area (TPSA) is 79.6 Å². The Bertz CT molecular complexity index is 464. The lowest BCUT2D eigenvalue weighted by Gasteiger charge is -1.93. The standard InChI is InChI=1S/C6H6N4O2S/c11-5-8-9-6(13)10(5)1-4-2-12-3-7-4/h2-3H,1H2,(H,8,11)(H,9,13). The Morgan fingerprint density at radius 2 is 2.46 bits per heavy atom. The molecular formula is C6H6N4O2S. The highest BCUT2D eigenvalue weighted by atomic mass is 32.1. The zero-order valence-corrected chi connectivity index (χ0v) is 7.30. The average molecular weight is 198 g/mol. The predicted molar refractivity (Wildman–Crippen MR) is 45.8 cm³/mol. The largest absolute Gasteiger partial charge is 0.451 e. The number of hydrogen-bond acceptors (Lipinski definition) is 4. The van der Waals surface area contributed by atoms with E-state index in [0.717, 1.165) is 0 Å². The van der Waals surface area contributed by atoms with E-state index >= 15 is 0 Å². The molecule has 0 saturated heterocycles. The summed E-state index contributed by atoms with van der Waals surface area (Å²) in [4.78, 5) is 15.0. The fraction of sp³-hybridized carbons (Fsp3) is 0.167. The van der Waals surface area contributed by atoms with Crippen molar-refractivity contribution in [3.63, 3.8) is 0 Å². The lowest BCUT2D eigenvalue weighted by molar-refractivity contribution is 0.555. The highest BCUT2D eigenvalue weighted by Crippen LogP contribution is 1.96. The van der Waals surface area contributed by atoms with Gasteiger partial charge in [-0.05, 0) is 12.2 Å². The van der Waals surface area contributed by atoms with Crippen LogP contribution in [0, 0.1) is 4.77 Å². The molecule has 13 heavy (non-hydrogen) atoms. The summed E-state index contributed by atoms with van der Waals surface area (Å²) in [6.45, 7) is 0.314. The molecule has 0 unspecified atom stereocenters. The molecule has 0 fully saturated rings. The van der Waals surface area contributed by atoms with Crippen LogP contribution in [0.25, 0.3) is 0 Å². The summed E-state index contributed by atoms with van der Waals surface area (Å²) >= 11 is 4.86. The molecule has 0 radical (unpaired) electrons. The minimum Gasteiger partial charge on any atom is -0.451 e. The molecule has 0 aliphatic heterocycles. The number of oxazole rings is 1. The molecule has 2 rings (SSSR count). The average Bonchev–Trinajstić information content (AvgIpc) is 2.70. The molecular weight excluding hydrogens is 192 g/mol. The Kier molecular flexibility index (Phi) is 1.85. The molecule has 0 saturated carbocycles. The molecule has 0 aliphatic carbocycles. The van der Waals surface area contributed by atoms with E-state index in [-0.39, 0.29) is 5.69 Å². The first kappa shape index (κ1) is 7.99. The lowest BCUT2D eigenvalue weighted by atomic mass is 10.5. The number of aromatic nitrogens is 4. The van der Waals surface area contributed by atoms with Crippen LogP contribution in [-0.4, -0.2) is 19.7 Å². The van der Waals surface area contributed by atoms with Gasteiger partial charge < -0.3 is 4.42 Å². The normalized spacial score (nSPS) is 10.5. The zero-order valence-electron chi connectivity index (χ0n) is 6.48. The van der Waals surface area contributed by atoms with Gasteiger partial charge in [0.05, 0.1) is 12.2 Å². The van der Waals surface area contributed by atoms with Crippen LogP contribution in [0.1, 0.15) is 5.69 Å². The maximum absolute atomic E-state index is 11.1. The highest BCUT2D eigenvalue weighted by Gasteiger charge is 2.02. The van der Waals surface area contributed by atoms with Crippen LogP contribution in [0.5, 0.6) is 0 Å². The van der Waals surface area contributed by atoms with Crippen LogP contribution in [-0.2, 0) is 6.54 Å². The van der Waals surface area contributed by atoms with Crippen LogP contribution in [0.2, 0.25) is 0 Å². The maximum atomic E-state index is 11.1. The van der Waals surface area contributed by atoms with Gasteiger partial charge in [0.1, 0.15) is 6.26 Å². The van der Waals surface area contributed by atoms with Gasteiger partial charge in [0.25, 0.3) is 0 Å². The number of H-pyrrole nitrogens is 2.